The quantitative estimate of drug-likeness (QED) is 0.274. The molecule has 0 fully saturated rings. The lowest BCUT2D eigenvalue weighted by molar-refractivity contribution is -0.143. The molecule has 3 aromatic carbocycles. The molecule has 0 saturated heterocycles. The van der Waals surface area contributed by atoms with E-state index >= 15 is 0 Å². The minimum absolute atomic E-state index is 0.0250. The Labute approximate surface area is 240 Å². The zero-order valence-corrected chi connectivity index (χ0v) is 24.7. The van der Waals surface area contributed by atoms with Crippen LogP contribution >= 0.6 is 11.8 Å². The summed E-state index contributed by atoms with van der Waals surface area (Å²) in [6.07, 6.45) is 1.56. The molecule has 40 heavy (non-hydrogen) atoms. The Morgan fingerprint density at radius 2 is 1.68 bits per heavy atom. The lowest BCUT2D eigenvalue weighted by atomic mass is 10.00. The molecule has 9 heteroatoms. The van der Waals surface area contributed by atoms with Crippen LogP contribution in [0.5, 0.6) is 5.75 Å². The number of aromatic hydroxyl groups is 1. The van der Waals surface area contributed by atoms with Crippen molar-refractivity contribution in [3.8, 4) is 5.75 Å². The van der Waals surface area contributed by atoms with Crippen LogP contribution in [-0.2, 0) is 14.3 Å². The van der Waals surface area contributed by atoms with Gasteiger partial charge >= 0.3 is 6.09 Å². The Hall–Kier alpha value is -3.72. The highest BCUT2D eigenvalue weighted by molar-refractivity contribution is 7.98. The summed E-state index contributed by atoms with van der Waals surface area (Å²) in [5, 5.41) is 17.9. The molecule has 8 nitrogen and oxygen atoms in total. The van der Waals surface area contributed by atoms with Crippen molar-refractivity contribution in [3.05, 3.63) is 72.3 Å². The van der Waals surface area contributed by atoms with E-state index in [1.54, 1.807) is 44.7 Å². The third-order valence-electron chi connectivity index (χ3n) is 6.14. The topological polar surface area (TPSA) is 108 Å². The lowest BCUT2D eigenvalue weighted by Crippen LogP contribution is -2.54. The maximum absolute atomic E-state index is 14.1. The number of benzene rings is 3. The molecular weight excluding hydrogens is 526 g/mol. The molecule has 3 aromatic rings. The highest BCUT2D eigenvalue weighted by atomic mass is 32.2. The molecule has 0 aromatic heterocycles. The van der Waals surface area contributed by atoms with E-state index in [0.717, 1.165) is 10.8 Å². The minimum Gasteiger partial charge on any atom is -0.508 e. The third-order valence-corrected chi connectivity index (χ3v) is 6.78. The summed E-state index contributed by atoms with van der Waals surface area (Å²) in [4.78, 5) is 42.2. The molecule has 3 rings (SSSR count). The minimum atomic E-state index is -1.08. The Morgan fingerprint density at radius 3 is 2.30 bits per heavy atom. The summed E-state index contributed by atoms with van der Waals surface area (Å²) in [5.74, 6) is -0.276. The van der Waals surface area contributed by atoms with E-state index in [4.69, 9.17) is 4.74 Å². The molecule has 214 valence electrons. The highest BCUT2D eigenvalue weighted by Crippen LogP contribution is 2.29. The number of anilines is 1. The molecule has 0 saturated carbocycles. The molecular formula is C31H39N3O5S. The van der Waals surface area contributed by atoms with Gasteiger partial charge in [-0.3, -0.25) is 9.59 Å². The van der Waals surface area contributed by atoms with Crippen molar-refractivity contribution in [1.29, 1.82) is 0 Å². The third kappa shape index (κ3) is 8.39. The van der Waals surface area contributed by atoms with Crippen molar-refractivity contribution in [3.63, 3.8) is 0 Å². The van der Waals surface area contributed by atoms with Crippen LogP contribution < -0.4 is 10.6 Å². The summed E-state index contributed by atoms with van der Waals surface area (Å²) < 4.78 is 5.42. The monoisotopic (exact) mass is 565 g/mol. The number of amides is 3. The summed E-state index contributed by atoms with van der Waals surface area (Å²) >= 11 is 1.55. The fourth-order valence-electron chi connectivity index (χ4n) is 4.41. The van der Waals surface area contributed by atoms with Gasteiger partial charge in [0.15, 0.2) is 0 Å². The number of carbonyl (C=O) groups excluding carboxylic acids is 3. The van der Waals surface area contributed by atoms with Crippen LogP contribution in [-0.4, -0.2) is 57.6 Å². The predicted octanol–water partition coefficient (Wildman–Crippen LogP) is 6.11. The zero-order valence-electron chi connectivity index (χ0n) is 23.9. The van der Waals surface area contributed by atoms with Gasteiger partial charge in [0.05, 0.1) is 0 Å². The predicted molar refractivity (Wildman–Crippen MR) is 162 cm³/mol. The largest absolute Gasteiger partial charge is 0.508 e. The number of fused-ring (bicyclic) bond motifs is 1. The molecule has 2 unspecified atom stereocenters. The summed E-state index contributed by atoms with van der Waals surface area (Å²) in [6, 6.07) is 17.3. The number of ether oxygens (including phenoxy) is 1. The Balaban J connectivity index is 2.00. The fourth-order valence-corrected chi connectivity index (χ4v) is 4.88. The normalized spacial score (nSPS) is 13.0. The number of nitrogens with zero attached hydrogens (tertiary/aromatic N) is 1. The highest BCUT2D eigenvalue weighted by Gasteiger charge is 2.38. The molecule has 0 aliphatic carbocycles. The van der Waals surface area contributed by atoms with E-state index in [1.165, 1.54) is 17.0 Å². The van der Waals surface area contributed by atoms with Gasteiger partial charge in [0.25, 0.3) is 5.91 Å². The smallest absolute Gasteiger partial charge is 0.408 e. The van der Waals surface area contributed by atoms with Crippen molar-refractivity contribution in [1.82, 2.24) is 10.2 Å². The summed E-state index contributed by atoms with van der Waals surface area (Å²) in [6.45, 7) is 8.88. The first kappa shape index (κ1) is 30.8. The Morgan fingerprint density at radius 1 is 0.975 bits per heavy atom. The van der Waals surface area contributed by atoms with Crippen LogP contribution in [0.2, 0.25) is 0 Å². The Kier molecular flexibility index (Phi) is 10.5. The summed E-state index contributed by atoms with van der Waals surface area (Å²) in [5.41, 5.74) is 0.288. The van der Waals surface area contributed by atoms with Crippen LogP contribution in [0.3, 0.4) is 0 Å². The standard InChI is InChI=1S/C31H39N3O5S/c1-20(2)34(29(37)26(16-17-40-6)33-30(38)39-31(3,4)5)27(23-12-9-13-25(35)19-23)28(36)32-24-15-14-21-10-7-8-11-22(21)18-24/h7-15,18-20,26-27,35H,16-17H2,1-6H3,(H,32,36)(H,33,38). The lowest BCUT2D eigenvalue weighted by Gasteiger charge is -2.37. The van der Waals surface area contributed by atoms with Crippen LogP contribution in [0, 0.1) is 0 Å². The van der Waals surface area contributed by atoms with E-state index in [-0.39, 0.29) is 5.75 Å². The maximum Gasteiger partial charge on any atom is 0.408 e. The van der Waals surface area contributed by atoms with Gasteiger partial charge in [-0.15, -0.1) is 0 Å². The van der Waals surface area contributed by atoms with Gasteiger partial charge < -0.3 is 25.4 Å². The molecule has 2 atom stereocenters. The first-order chi connectivity index (χ1) is 18.9. The molecule has 0 aliphatic rings. The second-order valence-electron chi connectivity index (χ2n) is 10.9. The van der Waals surface area contributed by atoms with Gasteiger partial charge in [-0.25, -0.2) is 4.79 Å². The average Bonchev–Trinajstić information content (AvgIpc) is 2.87. The van der Waals surface area contributed by atoms with Crippen molar-refractivity contribution in [2.75, 3.05) is 17.3 Å². The molecule has 0 bridgehead atoms. The molecule has 0 spiro atoms. The van der Waals surface area contributed by atoms with Crippen molar-refractivity contribution in [2.24, 2.45) is 0 Å². The number of thioether (sulfide) groups is 1. The number of rotatable bonds is 10. The molecule has 0 heterocycles. The maximum atomic E-state index is 14.1. The number of phenolic OH excluding ortho intramolecular Hbond substituents is 1. The van der Waals surface area contributed by atoms with E-state index in [1.807, 2.05) is 62.6 Å². The second-order valence-corrected chi connectivity index (χ2v) is 11.9. The molecule has 3 N–H and O–H groups in total. The van der Waals surface area contributed by atoms with Crippen molar-refractivity contribution >= 4 is 46.1 Å². The van der Waals surface area contributed by atoms with E-state index in [9.17, 15) is 19.5 Å². The number of phenols is 1. The number of hydrogen-bond donors (Lipinski definition) is 3. The van der Waals surface area contributed by atoms with Gasteiger partial charge in [-0.05, 0) is 93.6 Å². The number of alkyl carbamates (subject to hydrolysis) is 1. The van der Waals surface area contributed by atoms with Gasteiger partial charge in [-0.1, -0.05) is 42.5 Å². The van der Waals surface area contributed by atoms with Crippen LogP contribution in [0.15, 0.2) is 66.7 Å². The van der Waals surface area contributed by atoms with E-state index in [0.29, 0.717) is 23.4 Å². The molecule has 3 amide bonds. The molecule has 0 aliphatic heterocycles. The first-order valence-electron chi connectivity index (χ1n) is 13.3. The van der Waals surface area contributed by atoms with Gasteiger partial charge in [0.2, 0.25) is 5.91 Å². The SMILES string of the molecule is CSCCC(NC(=O)OC(C)(C)C)C(=O)N(C(C)C)C(C(=O)Nc1ccc2ccccc2c1)c1cccc(O)c1. The first-order valence-corrected chi connectivity index (χ1v) is 14.7. The van der Waals surface area contributed by atoms with Crippen LogP contribution in [0.25, 0.3) is 10.8 Å². The number of hydrogen-bond acceptors (Lipinski definition) is 6. The van der Waals surface area contributed by atoms with Crippen LogP contribution in [0.4, 0.5) is 10.5 Å². The number of carbonyl (C=O) groups is 3. The van der Waals surface area contributed by atoms with Gasteiger partial charge in [0, 0.05) is 11.7 Å². The average molecular weight is 566 g/mol. The second kappa shape index (κ2) is 13.6. The van der Waals surface area contributed by atoms with E-state index < -0.39 is 41.6 Å². The van der Waals surface area contributed by atoms with Crippen molar-refractivity contribution in [2.45, 2.75) is 64.8 Å². The number of nitrogens with one attached hydrogen (secondary N) is 2. The van der Waals surface area contributed by atoms with E-state index in [2.05, 4.69) is 10.6 Å². The van der Waals surface area contributed by atoms with Gasteiger partial charge in [-0.2, -0.15) is 11.8 Å². The Bertz CT molecular complexity index is 1340. The van der Waals surface area contributed by atoms with Crippen LogP contribution in [0.1, 0.15) is 52.6 Å². The van der Waals surface area contributed by atoms with Gasteiger partial charge in [0.1, 0.15) is 23.4 Å². The summed E-state index contributed by atoms with van der Waals surface area (Å²) in [7, 11) is 0. The van der Waals surface area contributed by atoms with Crippen molar-refractivity contribution < 1.29 is 24.2 Å². The zero-order chi connectivity index (χ0) is 29.4. The fraction of sp³-hybridized carbons (Fsp3) is 0.387. The molecule has 0 radical (unpaired) electrons.